The highest BCUT2D eigenvalue weighted by Crippen LogP contribution is 2.29. The van der Waals surface area contributed by atoms with Gasteiger partial charge in [-0.15, -0.1) is 0 Å². The molecule has 2 aromatic rings. The highest BCUT2D eigenvalue weighted by molar-refractivity contribution is 5.91. The maximum Gasteiger partial charge on any atom is 0.335 e. The van der Waals surface area contributed by atoms with Crippen molar-refractivity contribution in [1.82, 2.24) is 14.7 Å². The second-order valence-corrected chi connectivity index (χ2v) is 11.7. The summed E-state index contributed by atoms with van der Waals surface area (Å²) in [7, 11) is 1.98. The van der Waals surface area contributed by atoms with E-state index in [0.717, 1.165) is 18.7 Å². The monoisotopic (exact) mass is 596 g/mol. The Balaban J connectivity index is 1.49. The molecule has 0 aromatic heterocycles. The number of likely N-dealkylation sites (N-methyl/N-ethyl adjacent to an activating group) is 1. The summed E-state index contributed by atoms with van der Waals surface area (Å²) < 4.78 is 12.0. The van der Waals surface area contributed by atoms with Crippen molar-refractivity contribution in [3.63, 3.8) is 0 Å². The van der Waals surface area contributed by atoms with Crippen LogP contribution >= 0.6 is 0 Å². The first kappa shape index (κ1) is 32.4. The molecule has 3 N–H and O–H groups in total. The molecule has 43 heavy (non-hydrogen) atoms. The summed E-state index contributed by atoms with van der Waals surface area (Å²) in [5.74, 6) is -0.629. The van der Waals surface area contributed by atoms with E-state index in [9.17, 15) is 24.6 Å². The van der Waals surface area contributed by atoms with Crippen molar-refractivity contribution in [2.24, 2.45) is 5.92 Å². The van der Waals surface area contributed by atoms with Gasteiger partial charge in [0.15, 0.2) is 0 Å². The number of nitrogens with zero attached hydrogens (tertiary/aromatic N) is 3. The number of rotatable bonds is 11. The normalized spacial score (nSPS) is 20.4. The van der Waals surface area contributed by atoms with Gasteiger partial charge in [-0.05, 0) is 49.9 Å². The molecular formula is C32H44N4O7. The Morgan fingerprint density at radius 1 is 1.14 bits per heavy atom. The molecule has 2 aromatic carbocycles. The van der Waals surface area contributed by atoms with E-state index >= 15 is 0 Å². The van der Waals surface area contributed by atoms with E-state index in [4.69, 9.17) is 9.47 Å². The van der Waals surface area contributed by atoms with E-state index in [1.165, 1.54) is 0 Å². The number of ether oxygens (including phenoxy) is 2. The summed E-state index contributed by atoms with van der Waals surface area (Å²) in [6.45, 7) is 8.95. The number of aliphatic hydroxyl groups excluding tert-OH is 1. The molecule has 234 valence electrons. The number of hydrogen-bond donors (Lipinski definition) is 3. The van der Waals surface area contributed by atoms with Gasteiger partial charge in [-0.25, -0.2) is 4.79 Å². The molecule has 0 saturated carbocycles. The number of hydrogen-bond acceptors (Lipinski definition) is 8. The van der Waals surface area contributed by atoms with Crippen LogP contribution in [0.1, 0.15) is 41.8 Å². The molecular weight excluding hydrogens is 552 g/mol. The minimum Gasteiger partial charge on any atom is -0.488 e. The van der Waals surface area contributed by atoms with E-state index in [2.05, 4.69) is 15.1 Å². The van der Waals surface area contributed by atoms with E-state index in [1.807, 2.05) is 45.2 Å². The Morgan fingerprint density at radius 3 is 2.53 bits per heavy atom. The first-order chi connectivity index (χ1) is 20.6. The molecule has 0 unspecified atom stereocenters. The zero-order valence-electron chi connectivity index (χ0n) is 25.3. The molecule has 3 atom stereocenters. The number of amides is 2. The van der Waals surface area contributed by atoms with Gasteiger partial charge < -0.3 is 29.9 Å². The van der Waals surface area contributed by atoms with Gasteiger partial charge in [0.2, 0.25) is 11.8 Å². The molecule has 1 saturated heterocycles. The molecule has 2 heterocycles. The summed E-state index contributed by atoms with van der Waals surface area (Å²) >= 11 is 0. The fraction of sp³-hybridized carbons (Fsp3) is 0.531. The lowest BCUT2D eigenvalue weighted by molar-refractivity contribution is -0.134. The second-order valence-electron chi connectivity index (χ2n) is 11.7. The largest absolute Gasteiger partial charge is 0.488 e. The predicted molar refractivity (Wildman–Crippen MR) is 162 cm³/mol. The van der Waals surface area contributed by atoms with Crippen LogP contribution in [-0.2, 0) is 27.3 Å². The smallest absolute Gasteiger partial charge is 0.335 e. The molecule has 11 nitrogen and oxygen atoms in total. The van der Waals surface area contributed by atoms with Crippen LogP contribution in [0.2, 0.25) is 0 Å². The topological polar surface area (TPSA) is 132 Å². The van der Waals surface area contributed by atoms with Crippen LogP contribution in [0.5, 0.6) is 5.75 Å². The van der Waals surface area contributed by atoms with Crippen molar-refractivity contribution >= 4 is 23.5 Å². The number of morpholine rings is 1. The minimum absolute atomic E-state index is 0.0553. The predicted octanol–water partition coefficient (Wildman–Crippen LogP) is 2.33. The number of carbonyl (C=O) groups is 3. The maximum atomic E-state index is 13.5. The van der Waals surface area contributed by atoms with Crippen LogP contribution in [0, 0.1) is 5.92 Å². The van der Waals surface area contributed by atoms with Gasteiger partial charge in [-0.3, -0.25) is 19.4 Å². The first-order valence-electron chi connectivity index (χ1n) is 14.9. The number of benzene rings is 2. The number of nitrogens with one attached hydrogen (secondary N) is 1. The summed E-state index contributed by atoms with van der Waals surface area (Å²) in [5.41, 5.74) is 2.50. The van der Waals surface area contributed by atoms with E-state index < -0.39 is 5.97 Å². The van der Waals surface area contributed by atoms with Crippen LogP contribution in [-0.4, -0.2) is 114 Å². The van der Waals surface area contributed by atoms with Crippen LogP contribution < -0.4 is 10.1 Å². The second kappa shape index (κ2) is 15.3. The number of anilines is 1. The molecule has 2 aliphatic rings. The van der Waals surface area contributed by atoms with Crippen molar-refractivity contribution in [2.75, 3.05) is 64.9 Å². The van der Waals surface area contributed by atoms with Crippen molar-refractivity contribution < 1.29 is 34.1 Å². The Hall–Kier alpha value is -3.51. The van der Waals surface area contributed by atoms with Gasteiger partial charge in [0.25, 0.3) is 0 Å². The quantitative estimate of drug-likeness (QED) is 0.358. The van der Waals surface area contributed by atoms with Crippen molar-refractivity contribution in [3.05, 3.63) is 59.2 Å². The van der Waals surface area contributed by atoms with Crippen LogP contribution in [0.4, 0.5) is 5.69 Å². The van der Waals surface area contributed by atoms with Gasteiger partial charge in [-0.1, -0.05) is 19.1 Å². The number of fused-ring (bicyclic) bond motifs is 1. The molecule has 0 radical (unpaired) electrons. The number of carboxylic acids is 1. The third-order valence-electron chi connectivity index (χ3n) is 8.10. The molecule has 2 amide bonds. The van der Waals surface area contributed by atoms with Crippen LogP contribution in [0.15, 0.2) is 42.5 Å². The molecule has 2 aliphatic heterocycles. The van der Waals surface area contributed by atoms with Crippen molar-refractivity contribution in [1.29, 1.82) is 0 Å². The standard InChI is InChI=1S/C32H44N4O7/c1-22-18-36(23(2)21-37)31(39)17-26-16-27(33-30(38)10-11-35-12-14-42-15-13-35)8-9-28(26)43-29(22)20-34(3)19-24-4-6-25(7-5-24)32(40)41/h4-9,16,22-23,29,37H,10-15,17-21H2,1-3H3,(H,33,38)(H,40,41)/t22-,23+,29+/m0/s1. The summed E-state index contributed by atoms with van der Waals surface area (Å²) in [5, 5.41) is 22.1. The minimum atomic E-state index is -0.960. The summed E-state index contributed by atoms with van der Waals surface area (Å²) in [6, 6.07) is 11.9. The number of carbonyl (C=O) groups excluding carboxylic acids is 2. The van der Waals surface area contributed by atoms with Crippen LogP contribution in [0.3, 0.4) is 0 Å². The third-order valence-corrected chi connectivity index (χ3v) is 8.10. The SMILES string of the molecule is C[C@H](CO)N1C[C@H](C)[C@@H](CN(C)Cc2ccc(C(=O)O)cc2)Oc2ccc(NC(=O)CCN3CCOCC3)cc2CC1=O. The van der Waals surface area contributed by atoms with Gasteiger partial charge >= 0.3 is 5.97 Å². The average molecular weight is 597 g/mol. The highest BCUT2D eigenvalue weighted by Gasteiger charge is 2.31. The number of aliphatic hydroxyl groups is 1. The van der Waals surface area contributed by atoms with Gasteiger partial charge in [-0.2, -0.15) is 0 Å². The zero-order chi connectivity index (χ0) is 30.9. The molecule has 1 fully saturated rings. The third kappa shape index (κ3) is 9.24. The Morgan fingerprint density at radius 2 is 1.86 bits per heavy atom. The van der Waals surface area contributed by atoms with Crippen molar-refractivity contribution in [3.8, 4) is 5.75 Å². The van der Waals surface area contributed by atoms with Crippen LogP contribution in [0.25, 0.3) is 0 Å². The number of carboxylic acid groups (broad SMARTS) is 1. The molecule has 0 aliphatic carbocycles. The fourth-order valence-electron chi connectivity index (χ4n) is 5.47. The highest BCUT2D eigenvalue weighted by atomic mass is 16.5. The Bertz CT molecular complexity index is 1250. The van der Waals surface area contributed by atoms with E-state index in [0.29, 0.717) is 62.8 Å². The lowest BCUT2D eigenvalue weighted by Crippen LogP contribution is -2.47. The van der Waals surface area contributed by atoms with Crippen molar-refractivity contribution in [2.45, 2.75) is 45.4 Å². The zero-order valence-corrected chi connectivity index (χ0v) is 25.3. The summed E-state index contributed by atoms with van der Waals surface area (Å²) in [4.78, 5) is 43.5. The Labute approximate surface area is 253 Å². The molecule has 4 rings (SSSR count). The number of aromatic carboxylic acids is 1. The fourth-order valence-corrected chi connectivity index (χ4v) is 5.47. The lowest BCUT2D eigenvalue weighted by atomic mass is 10.0. The van der Waals surface area contributed by atoms with Gasteiger partial charge in [0, 0.05) is 62.9 Å². The van der Waals surface area contributed by atoms with E-state index in [-0.39, 0.29) is 48.5 Å². The maximum absolute atomic E-state index is 13.5. The Kier molecular flexibility index (Phi) is 11.5. The molecule has 0 bridgehead atoms. The average Bonchev–Trinajstić information content (AvgIpc) is 3.04. The van der Waals surface area contributed by atoms with Gasteiger partial charge in [0.05, 0.1) is 37.8 Å². The summed E-state index contributed by atoms with van der Waals surface area (Å²) in [6.07, 6.45) is 0.164. The first-order valence-corrected chi connectivity index (χ1v) is 14.9. The molecule has 11 heteroatoms. The van der Waals surface area contributed by atoms with Gasteiger partial charge in [0.1, 0.15) is 11.9 Å². The lowest BCUT2D eigenvalue weighted by Gasteiger charge is -2.34. The van der Waals surface area contributed by atoms with E-state index in [1.54, 1.807) is 23.1 Å². The molecule has 0 spiro atoms.